The molecule has 0 heterocycles. The summed E-state index contributed by atoms with van der Waals surface area (Å²) in [5, 5.41) is 9.91. The lowest BCUT2D eigenvalue weighted by atomic mass is 9.53. The number of methoxy groups -OCH3 is 1. The fraction of sp³-hybridized carbons (Fsp3) is 0.806. The van der Waals surface area contributed by atoms with Crippen molar-refractivity contribution in [2.75, 3.05) is 13.7 Å². The van der Waals surface area contributed by atoms with Crippen molar-refractivity contribution in [3.8, 4) is 11.5 Å². The summed E-state index contributed by atoms with van der Waals surface area (Å²) in [6.45, 7) is 19.3. The first-order valence-electron chi connectivity index (χ1n) is 14.5. The number of ether oxygens (including phenoxy) is 1. The van der Waals surface area contributed by atoms with Gasteiger partial charge in [0.05, 0.1) is 7.11 Å². The van der Waals surface area contributed by atoms with Crippen molar-refractivity contribution in [2.24, 2.45) is 29.1 Å². The molecule has 4 rings (SSSR count). The molecule has 0 radical (unpaired) electrons. The van der Waals surface area contributed by atoms with Gasteiger partial charge < -0.3 is 14.3 Å². The molecule has 1 aromatic carbocycles. The minimum Gasteiger partial charge on any atom is -0.540 e. The minimum atomic E-state index is -2.05. The van der Waals surface area contributed by atoms with E-state index >= 15 is 0 Å². The quantitative estimate of drug-likeness (QED) is 0.364. The van der Waals surface area contributed by atoms with Crippen LogP contribution in [-0.2, 0) is 6.42 Å². The fourth-order valence-electron chi connectivity index (χ4n) is 9.46. The van der Waals surface area contributed by atoms with Crippen molar-refractivity contribution < 1.29 is 14.3 Å². The zero-order valence-corrected chi connectivity index (χ0v) is 25.0. The van der Waals surface area contributed by atoms with Crippen molar-refractivity contribution in [1.29, 1.82) is 0 Å². The summed E-state index contributed by atoms with van der Waals surface area (Å²) in [7, 11) is -0.233. The molecule has 0 aromatic heterocycles. The third-order valence-electron chi connectivity index (χ3n) is 11.1. The summed E-state index contributed by atoms with van der Waals surface area (Å²) in [4.78, 5) is 0. The van der Waals surface area contributed by atoms with Crippen LogP contribution in [-0.4, -0.2) is 27.1 Å². The molecular formula is C31H52O3Si. The second-order valence-corrected chi connectivity index (χ2v) is 18.8. The molecule has 0 saturated heterocycles. The highest BCUT2D eigenvalue weighted by Crippen LogP contribution is 2.64. The van der Waals surface area contributed by atoms with E-state index < -0.39 is 8.32 Å². The first-order valence-corrected chi connectivity index (χ1v) is 16.7. The molecule has 198 valence electrons. The zero-order valence-electron chi connectivity index (χ0n) is 24.0. The van der Waals surface area contributed by atoms with Crippen LogP contribution in [0.15, 0.2) is 12.1 Å². The second-order valence-electron chi connectivity index (χ2n) is 13.4. The fourth-order valence-corrected chi connectivity index (χ4v) is 14.7. The van der Waals surface area contributed by atoms with Crippen LogP contribution < -0.4 is 9.16 Å². The van der Waals surface area contributed by atoms with Gasteiger partial charge in [0, 0.05) is 6.61 Å². The second kappa shape index (κ2) is 10.0. The Balaban J connectivity index is 1.67. The summed E-state index contributed by atoms with van der Waals surface area (Å²) in [6, 6.07) is 4.74. The molecule has 1 N–H and O–H groups in total. The molecule has 2 fully saturated rings. The van der Waals surface area contributed by atoms with E-state index in [9.17, 15) is 5.11 Å². The molecule has 0 amide bonds. The minimum absolute atomic E-state index is 0.331. The number of aliphatic hydroxyl groups is 1. The molecule has 1 aromatic rings. The molecule has 3 nitrogen and oxygen atoms in total. The summed E-state index contributed by atoms with van der Waals surface area (Å²) < 4.78 is 13.2. The Labute approximate surface area is 216 Å². The highest BCUT2D eigenvalue weighted by atomic mass is 28.4. The molecule has 4 heteroatoms. The monoisotopic (exact) mass is 500 g/mol. The van der Waals surface area contributed by atoms with Gasteiger partial charge in [0.25, 0.3) is 8.32 Å². The lowest BCUT2D eigenvalue weighted by Gasteiger charge is -2.52. The number of aryl methyl sites for hydroxylation is 1. The average molecular weight is 501 g/mol. The first-order chi connectivity index (χ1) is 16.5. The number of rotatable bonds is 8. The molecule has 6 atom stereocenters. The van der Waals surface area contributed by atoms with E-state index in [0.29, 0.717) is 46.4 Å². The molecule has 2 saturated carbocycles. The van der Waals surface area contributed by atoms with Crippen LogP contribution in [0.4, 0.5) is 0 Å². The van der Waals surface area contributed by atoms with Gasteiger partial charge in [0.1, 0.15) is 5.75 Å². The van der Waals surface area contributed by atoms with Gasteiger partial charge in [-0.15, -0.1) is 0 Å². The van der Waals surface area contributed by atoms with Crippen LogP contribution in [0.2, 0.25) is 16.6 Å². The van der Waals surface area contributed by atoms with Crippen molar-refractivity contribution in [2.45, 2.75) is 116 Å². The van der Waals surface area contributed by atoms with Gasteiger partial charge in [-0.1, -0.05) is 55.4 Å². The van der Waals surface area contributed by atoms with Crippen LogP contribution in [0, 0.1) is 29.1 Å². The Morgan fingerprint density at radius 1 is 0.943 bits per heavy atom. The van der Waals surface area contributed by atoms with E-state index in [4.69, 9.17) is 9.16 Å². The largest absolute Gasteiger partial charge is 0.540 e. The van der Waals surface area contributed by atoms with Crippen molar-refractivity contribution >= 4 is 8.32 Å². The van der Waals surface area contributed by atoms with Crippen LogP contribution >= 0.6 is 0 Å². The Kier molecular flexibility index (Phi) is 7.76. The standard InChI is InChI=1S/C31H52O3Si/c1-19(2)35(20(3)4,21(5)6)34-30-16-23-10-11-25-24(26(23)17-29(30)33-9)14-15-31(8)27(22(7)18-32)12-13-28(25)31/h16-17,19-22,24-25,27-28,32H,10-15,18H2,1-9H3/t22-,24+,25-,27-,28+,31-/m1/s1. The van der Waals surface area contributed by atoms with Crippen molar-refractivity contribution in [1.82, 2.24) is 0 Å². The van der Waals surface area contributed by atoms with Gasteiger partial charge in [0.2, 0.25) is 0 Å². The summed E-state index contributed by atoms with van der Waals surface area (Å²) in [6.07, 6.45) is 7.64. The Bertz CT molecular complexity index is 872. The summed E-state index contributed by atoms with van der Waals surface area (Å²) in [5.41, 5.74) is 5.06. The lowest BCUT2D eigenvalue weighted by Crippen LogP contribution is -2.50. The van der Waals surface area contributed by atoms with Crippen LogP contribution in [0.1, 0.15) is 105 Å². The zero-order chi connectivity index (χ0) is 25.7. The molecule has 0 unspecified atom stereocenters. The summed E-state index contributed by atoms with van der Waals surface area (Å²) >= 11 is 0. The van der Waals surface area contributed by atoms with E-state index in [1.807, 2.05) is 7.11 Å². The number of aliphatic hydroxyl groups excluding tert-OH is 1. The molecule has 0 bridgehead atoms. The van der Waals surface area contributed by atoms with Crippen molar-refractivity contribution in [3.63, 3.8) is 0 Å². The number of fused-ring (bicyclic) bond motifs is 5. The van der Waals surface area contributed by atoms with Gasteiger partial charge in [-0.3, -0.25) is 0 Å². The molecule has 3 aliphatic carbocycles. The maximum atomic E-state index is 9.91. The number of hydrogen-bond donors (Lipinski definition) is 1. The van der Waals surface area contributed by atoms with Gasteiger partial charge in [-0.25, -0.2) is 0 Å². The SMILES string of the molecule is COc1cc2c(cc1O[Si](C(C)C)(C(C)C)C(C)C)CC[C@@H]1[C@@H]2CC[C@]2(C)[C@@H]([C@H](C)CO)CC[C@@H]12. The summed E-state index contributed by atoms with van der Waals surface area (Å²) in [5.74, 6) is 5.23. The highest BCUT2D eigenvalue weighted by molar-refractivity contribution is 6.78. The van der Waals surface area contributed by atoms with E-state index in [1.165, 1.54) is 43.2 Å². The third-order valence-corrected chi connectivity index (χ3v) is 17.0. The average Bonchev–Trinajstić information content (AvgIpc) is 3.17. The van der Waals surface area contributed by atoms with Crippen LogP contribution in [0.3, 0.4) is 0 Å². The van der Waals surface area contributed by atoms with Gasteiger partial charge in [-0.2, -0.15) is 0 Å². The van der Waals surface area contributed by atoms with E-state index in [0.717, 1.165) is 29.8 Å². The van der Waals surface area contributed by atoms with Crippen molar-refractivity contribution in [3.05, 3.63) is 23.3 Å². The highest BCUT2D eigenvalue weighted by Gasteiger charge is 2.55. The van der Waals surface area contributed by atoms with E-state index in [2.05, 4.69) is 67.5 Å². The Morgan fingerprint density at radius 3 is 2.17 bits per heavy atom. The maximum absolute atomic E-state index is 9.91. The Hall–Kier alpha value is -1.00. The van der Waals surface area contributed by atoms with Gasteiger partial charge >= 0.3 is 0 Å². The maximum Gasteiger partial charge on any atom is 0.258 e. The number of benzene rings is 1. The molecule has 0 aliphatic heterocycles. The molecule has 0 spiro atoms. The predicted octanol–water partition coefficient (Wildman–Crippen LogP) is 8.35. The topological polar surface area (TPSA) is 38.7 Å². The predicted molar refractivity (Wildman–Crippen MR) is 149 cm³/mol. The normalized spacial score (nSPS) is 31.3. The van der Waals surface area contributed by atoms with E-state index in [-0.39, 0.29) is 0 Å². The third kappa shape index (κ3) is 4.29. The van der Waals surface area contributed by atoms with E-state index in [1.54, 1.807) is 0 Å². The van der Waals surface area contributed by atoms with Gasteiger partial charge in [-0.05, 0) is 113 Å². The van der Waals surface area contributed by atoms with Crippen LogP contribution in [0.25, 0.3) is 0 Å². The first kappa shape index (κ1) is 27.0. The Morgan fingerprint density at radius 2 is 1.60 bits per heavy atom. The van der Waals surface area contributed by atoms with Gasteiger partial charge in [0.15, 0.2) is 5.75 Å². The molecule has 35 heavy (non-hydrogen) atoms. The molecule has 3 aliphatic rings. The smallest absolute Gasteiger partial charge is 0.258 e. The molecular weight excluding hydrogens is 448 g/mol. The van der Waals surface area contributed by atoms with Crippen LogP contribution in [0.5, 0.6) is 11.5 Å². The lowest BCUT2D eigenvalue weighted by molar-refractivity contribution is 0.00153. The number of hydrogen-bond acceptors (Lipinski definition) is 3.